The lowest BCUT2D eigenvalue weighted by Gasteiger charge is -2.24. The van der Waals surface area contributed by atoms with Crippen molar-refractivity contribution in [2.75, 3.05) is 12.4 Å². The van der Waals surface area contributed by atoms with Crippen molar-refractivity contribution in [1.29, 1.82) is 0 Å². The van der Waals surface area contributed by atoms with Crippen LogP contribution in [0.15, 0.2) is 48.7 Å². The summed E-state index contributed by atoms with van der Waals surface area (Å²) in [7, 11) is 1.76. The van der Waals surface area contributed by atoms with Crippen LogP contribution in [0.4, 0.5) is 5.69 Å². The Morgan fingerprint density at radius 2 is 2.03 bits per heavy atom. The van der Waals surface area contributed by atoms with Crippen LogP contribution < -0.4 is 5.32 Å². The lowest BCUT2D eigenvalue weighted by Crippen LogP contribution is -2.41. The van der Waals surface area contributed by atoms with Crippen molar-refractivity contribution in [3.05, 3.63) is 65.4 Å². The molecule has 5 rings (SSSR count). The van der Waals surface area contributed by atoms with Crippen LogP contribution in [0.2, 0.25) is 0 Å². The number of rotatable bonds is 4. The van der Waals surface area contributed by atoms with Crippen LogP contribution in [0, 0.1) is 0 Å². The van der Waals surface area contributed by atoms with E-state index in [2.05, 4.69) is 10.3 Å². The second-order valence-electron chi connectivity index (χ2n) is 7.96. The maximum Gasteiger partial charge on any atom is 0.254 e. The molecule has 1 aromatic heterocycles. The second-order valence-corrected chi connectivity index (χ2v) is 7.96. The van der Waals surface area contributed by atoms with Crippen molar-refractivity contribution in [2.24, 2.45) is 0 Å². The van der Waals surface area contributed by atoms with Gasteiger partial charge in [-0.15, -0.1) is 0 Å². The monoisotopic (exact) mass is 402 g/mol. The summed E-state index contributed by atoms with van der Waals surface area (Å²) in [5.41, 5.74) is 4.15. The summed E-state index contributed by atoms with van der Waals surface area (Å²) >= 11 is 0. The van der Waals surface area contributed by atoms with E-state index < -0.39 is 6.04 Å². The third-order valence-electron chi connectivity index (χ3n) is 6.01. The highest BCUT2D eigenvalue weighted by Gasteiger charge is 2.36. The summed E-state index contributed by atoms with van der Waals surface area (Å²) in [5.74, 6) is -0.288. The molecule has 2 aliphatic rings. The summed E-state index contributed by atoms with van der Waals surface area (Å²) in [4.78, 5) is 44.3. The molecule has 1 saturated heterocycles. The number of fused-ring (bicyclic) bond motifs is 2. The Bertz CT molecular complexity index is 1180. The van der Waals surface area contributed by atoms with E-state index in [1.54, 1.807) is 22.9 Å². The number of hydrogen-bond acceptors (Lipinski definition) is 3. The minimum atomic E-state index is -0.530. The minimum absolute atomic E-state index is 0.0220. The number of nitrogens with one attached hydrogen (secondary N) is 2. The van der Waals surface area contributed by atoms with Crippen molar-refractivity contribution in [2.45, 2.75) is 32.0 Å². The van der Waals surface area contributed by atoms with E-state index in [1.165, 1.54) is 0 Å². The van der Waals surface area contributed by atoms with Crippen LogP contribution in [-0.2, 0) is 22.7 Å². The molecule has 2 aliphatic heterocycles. The molecular formula is C23H22N4O3. The molecule has 0 unspecified atom stereocenters. The third-order valence-corrected chi connectivity index (χ3v) is 6.01. The zero-order valence-electron chi connectivity index (χ0n) is 16.6. The maximum absolute atomic E-state index is 13.0. The van der Waals surface area contributed by atoms with Gasteiger partial charge < -0.3 is 20.1 Å². The van der Waals surface area contributed by atoms with Gasteiger partial charge in [-0.3, -0.25) is 14.4 Å². The van der Waals surface area contributed by atoms with Gasteiger partial charge in [0.2, 0.25) is 11.8 Å². The molecule has 3 amide bonds. The molecule has 2 aromatic carbocycles. The van der Waals surface area contributed by atoms with E-state index in [-0.39, 0.29) is 17.7 Å². The number of para-hydroxylation sites is 1. The summed E-state index contributed by atoms with van der Waals surface area (Å²) in [6.07, 6.45) is 2.74. The van der Waals surface area contributed by atoms with Gasteiger partial charge in [0.1, 0.15) is 6.04 Å². The first-order valence-electron chi connectivity index (χ1n) is 10.0. The van der Waals surface area contributed by atoms with Crippen molar-refractivity contribution >= 4 is 34.3 Å². The Hall–Kier alpha value is -3.61. The van der Waals surface area contributed by atoms with Crippen molar-refractivity contribution in [3.8, 4) is 0 Å². The number of amides is 3. The van der Waals surface area contributed by atoms with Gasteiger partial charge in [-0.1, -0.05) is 24.3 Å². The summed E-state index contributed by atoms with van der Waals surface area (Å²) in [6, 6.07) is 12.8. The zero-order chi connectivity index (χ0) is 20.8. The van der Waals surface area contributed by atoms with E-state index in [0.717, 1.165) is 22.0 Å². The largest absolute Gasteiger partial charge is 0.361 e. The number of carbonyl (C=O) groups is 3. The van der Waals surface area contributed by atoms with E-state index in [0.29, 0.717) is 37.2 Å². The van der Waals surface area contributed by atoms with Gasteiger partial charge >= 0.3 is 0 Å². The molecule has 0 radical (unpaired) electrons. The lowest BCUT2D eigenvalue weighted by molar-refractivity contribution is -0.133. The fourth-order valence-electron chi connectivity index (χ4n) is 4.40. The molecular weight excluding hydrogens is 380 g/mol. The number of nitrogens with zero attached hydrogens (tertiary/aromatic N) is 2. The molecule has 0 spiro atoms. The van der Waals surface area contributed by atoms with E-state index >= 15 is 0 Å². The number of anilines is 1. The first kappa shape index (κ1) is 18.4. The fourth-order valence-corrected chi connectivity index (χ4v) is 4.40. The van der Waals surface area contributed by atoms with E-state index in [1.807, 2.05) is 42.6 Å². The topological polar surface area (TPSA) is 85.5 Å². The average Bonchev–Trinajstić information content (AvgIpc) is 3.40. The molecule has 0 aliphatic carbocycles. The summed E-state index contributed by atoms with van der Waals surface area (Å²) in [6.45, 7) is 0.965. The Morgan fingerprint density at radius 3 is 2.90 bits per heavy atom. The van der Waals surface area contributed by atoms with Crippen molar-refractivity contribution in [1.82, 2.24) is 14.8 Å². The molecule has 152 valence electrons. The number of carbonyl (C=O) groups excluding carboxylic acids is 3. The molecule has 7 heteroatoms. The number of benzene rings is 2. The Kier molecular flexibility index (Phi) is 4.31. The first-order valence-corrected chi connectivity index (χ1v) is 10.0. The van der Waals surface area contributed by atoms with Gasteiger partial charge in [-0.2, -0.15) is 0 Å². The highest BCUT2D eigenvalue weighted by Crippen LogP contribution is 2.28. The molecule has 3 aromatic rings. The SMILES string of the molecule is CN1Cc2ccc(NC(=O)[C@@H]3CCC(=O)N3Cc3c[nH]c4ccccc34)cc2C1=O. The van der Waals surface area contributed by atoms with Gasteiger partial charge in [-0.25, -0.2) is 0 Å². The predicted octanol–water partition coefficient (Wildman–Crippen LogP) is 2.88. The van der Waals surface area contributed by atoms with Gasteiger partial charge in [0, 0.05) is 54.9 Å². The van der Waals surface area contributed by atoms with Crippen LogP contribution in [-0.4, -0.2) is 45.6 Å². The van der Waals surface area contributed by atoms with Crippen LogP contribution >= 0.6 is 0 Å². The second kappa shape index (κ2) is 7.02. The average molecular weight is 402 g/mol. The van der Waals surface area contributed by atoms with Crippen LogP contribution in [0.3, 0.4) is 0 Å². The highest BCUT2D eigenvalue weighted by molar-refractivity contribution is 6.02. The predicted molar refractivity (Wildman–Crippen MR) is 113 cm³/mol. The first-order chi connectivity index (χ1) is 14.5. The molecule has 1 atom stereocenters. The Labute approximate surface area is 173 Å². The van der Waals surface area contributed by atoms with E-state index in [9.17, 15) is 14.4 Å². The van der Waals surface area contributed by atoms with Crippen LogP contribution in [0.1, 0.15) is 34.3 Å². The highest BCUT2D eigenvalue weighted by atomic mass is 16.2. The minimum Gasteiger partial charge on any atom is -0.361 e. The van der Waals surface area contributed by atoms with Gasteiger partial charge in [0.15, 0.2) is 0 Å². The molecule has 0 bridgehead atoms. The number of aromatic nitrogens is 1. The molecule has 2 N–H and O–H groups in total. The van der Waals surface area contributed by atoms with Gasteiger partial charge in [0.25, 0.3) is 5.91 Å². The number of aromatic amines is 1. The van der Waals surface area contributed by atoms with Crippen LogP contribution in [0.5, 0.6) is 0 Å². The molecule has 7 nitrogen and oxygen atoms in total. The van der Waals surface area contributed by atoms with Gasteiger partial charge in [-0.05, 0) is 35.7 Å². The van der Waals surface area contributed by atoms with Gasteiger partial charge in [0.05, 0.1) is 0 Å². The van der Waals surface area contributed by atoms with Crippen LogP contribution in [0.25, 0.3) is 10.9 Å². The lowest BCUT2D eigenvalue weighted by atomic mass is 10.1. The number of hydrogen-bond donors (Lipinski definition) is 2. The Balaban J connectivity index is 1.35. The molecule has 0 saturated carbocycles. The molecule has 1 fully saturated rings. The molecule has 30 heavy (non-hydrogen) atoms. The maximum atomic E-state index is 13.0. The van der Waals surface area contributed by atoms with Crippen molar-refractivity contribution < 1.29 is 14.4 Å². The Morgan fingerprint density at radius 1 is 1.20 bits per heavy atom. The van der Waals surface area contributed by atoms with E-state index in [4.69, 9.17) is 0 Å². The summed E-state index contributed by atoms with van der Waals surface area (Å²) in [5, 5.41) is 3.96. The number of H-pyrrole nitrogens is 1. The quantitative estimate of drug-likeness (QED) is 0.704. The molecule has 3 heterocycles. The zero-order valence-corrected chi connectivity index (χ0v) is 16.6. The van der Waals surface area contributed by atoms with Crippen molar-refractivity contribution in [3.63, 3.8) is 0 Å². The summed E-state index contributed by atoms with van der Waals surface area (Å²) < 4.78 is 0. The normalized spacial score (nSPS) is 18.4. The standard InChI is InChI=1S/C23H22N4O3/c1-26-12-14-6-7-16(10-18(14)23(26)30)25-22(29)20-8-9-21(28)27(20)13-15-11-24-19-5-3-2-4-17(15)19/h2-7,10-11,20,24H,8-9,12-13H2,1H3,(H,25,29)/t20-/m0/s1. The fraction of sp³-hybridized carbons (Fsp3) is 0.261. The smallest absolute Gasteiger partial charge is 0.254 e. The number of likely N-dealkylation sites (tertiary alicyclic amines) is 1. The third kappa shape index (κ3) is 3.03.